The van der Waals surface area contributed by atoms with Crippen LogP contribution < -0.4 is 5.32 Å². The van der Waals surface area contributed by atoms with Gasteiger partial charge in [0, 0.05) is 27.2 Å². The molecule has 0 unspecified atom stereocenters. The van der Waals surface area contributed by atoms with Gasteiger partial charge in [-0.1, -0.05) is 6.07 Å². The van der Waals surface area contributed by atoms with Crippen molar-refractivity contribution in [3.05, 3.63) is 17.5 Å². The van der Waals surface area contributed by atoms with Crippen LogP contribution in [0.4, 0.5) is 0 Å². The van der Waals surface area contributed by atoms with Gasteiger partial charge in [-0.2, -0.15) is 4.31 Å². The maximum absolute atomic E-state index is 12.5. The minimum atomic E-state index is -3.53. The van der Waals surface area contributed by atoms with Gasteiger partial charge < -0.3 is 10.2 Å². The van der Waals surface area contributed by atoms with Crippen LogP contribution in [-0.2, 0) is 19.6 Å². The van der Waals surface area contributed by atoms with Crippen LogP contribution in [0.3, 0.4) is 0 Å². The number of rotatable bonds is 5. The lowest BCUT2D eigenvalue weighted by atomic mass is 9.99. The molecule has 1 aliphatic rings. The maximum atomic E-state index is 12.5. The van der Waals surface area contributed by atoms with Gasteiger partial charge in [-0.05, 0) is 24.3 Å². The van der Waals surface area contributed by atoms with E-state index in [2.05, 4.69) is 5.32 Å². The third-order valence-corrected chi connectivity index (χ3v) is 6.99. The van der Waals surface area contributed by atoms with Crippen LogP contribution in [0.1, 0.15) is 12.8 Å². The van der Waals surface area contributed by atoms with Gasteiger partial charge in [0.1, 0.15) is 4.21 Å². The second-order valence-corrected chi connectivity index (χ2v) is 8.75. The number of nitrogens with zero attached hydrogens (tertiary/aromatic N) is 2. The molecule has 1 aromatic heterocycles. The summed E-state index contributed by atoms with van der Waals surface area (Å²) in [6.45, 7) is 0.503. The first-order valence-corrected chi connectivity index (χ1v) is 9.66. The third kappa shape index (κ3) is 4.30. The molecule has 7 nitrogen and oxygen atoms in total. The fourth-order valence-corrected chi connectivity index (χ4v) is 5.05. The number of likely N-dealkylation sites (N-methyl/N-ethyl adjacent to an activating group) is 1. The minimum Gasteiger partial charge on any atom is -0.347 e. The van der Waals surface area contributed by atoms with E-state index in [4.69, 9.17) is 0 Å². The van der Waals surface area contributed by atoms with E-state index in [-0.39, 0.29) is 24.9 Å². The lowest BCUT2D eigenvalue weighted by Gasteiger charge is -2.30. The molecular formula is C14H21N3O4S2. The fourth-order valence-electron chi connectivity index (χ4n) is 2.38. The van der Waals surface area contributed by atoms with Crippen molar-refractivity contribution in [2.45, 2.75) is 17.1 Å². The normalized spacial score (nSPS) is 19.3. The lowest BCUT2D eigenvalue weighted by Crippen LogP contribution is -2.46. The molecule has 128 valence electrons. The summed E-state index contributed by atoms with van der Waals surface area (Å²) in [6, 6.07) is 3.26. The highest BCUT2D eigenvalue weighted by molar-refractivity contribution is 7.91. The number of piperidine rings is 1. The Morgan fingerprint density at radius 3 is 2.78 bits per heavy atom. The van der Waals surface area contributed by atoms with Crippen molar-refractivity contribution in [1.82, 2.24) is 14.5 Å². The molecule has 0 radical (unpaired) electrons. The van der Waals surface area contributed by atoms with Crippen molar-refractivity contribution in [3.8, 4) is 0 Å². The van der Waals surface area contributed by atoms with E-state index >= 15 is 0 Å². The van der Waals surface area contributed by atoms with Crippen molar-refractivity contribution in [2.75, 3.05) is 33.7 Å². The Bertz CT molecular complexity index is 656. The zero-order chi connectivity index (χ0) is 17.0. The second-order valence-electron chi connectivity index (χ2n) is 5.64. The van der Waals surface area contributed by atoms with Gasteiger partial charge in [0.15, 0.2) is 0 Å². The molecule has 0 bridgehead atoms. The molecule has 0 aliphatic carbocycles. The van der Waals surface area contributed by atoms with E-state index in [1.807, 2.05) is 0 Å². The van der Waals surface area contributed by atoms with Gasteiger partial charge >= 0.3 is 0 Å². The molecule has 2 amide bonds. The van der Waals surface area contributed by atoms with Gasteiger partial charge in [-0.3, -0.25) is 9.59 Å². The van der Waals surface area contributed by atoms with Crippen LogP contribution in [0.2, 0.25) is 0 Å². The Labute approximate surface area is 140 Å². The summed E-state index contributed by atoms with van der Waals surface area (Å²) in [4.78, 5) is 25.1. The predicted molar refractivity (Wildman–Crippen MR) is 87.5 cm³/mol. The molecule has 1 fully saturated rings. The number of hydrogen-bond donors (Lipinski definition) is 1. The molecule has 1 aliphatic heterocycles. The van der Waals surface area contributed by atoms with Crippen LogP contribution in [0.25, 0.3) is 0 Å². The number of carbonyl (C=O) groups is 2. The quantitative estimate of drug-likeness (QED) is 0.822. The Hall–Kier alpha value is -1.45. The molecule has 1 atom stereocenters. The van der Waals surface area contributed by atoms with Gasteiger partial charge in [0.2, 0.25) is 11.8 Å². The monoisotopic (exact) mass is 359 g/mol. The van der Waals surface area contributed by atoms with E-state index < -0.39 is 15.9 Å². The van der Waals surface area contributed by atoms with Gasteiger partial charge in [0.05, 0.1) is 12.5 Å². The van der Waals surface area contributed by atoms with Gasteiger partial charge in [0.25, 0.3) is 10.0 Å². The van der Waals surface area contributed by atoms with Gasteiger partial charge in [-0.25, -0.2) is 8.42 Å². The van der Waals surface area contributed by atoms with Crippen molar-refractivity contribution in [3.63, 3.8) is 0 Å². The SMILES string of the molecule is CN(C)C(=O)CNC(=O)[C@H]1CCCN(S(=O)(=O)c2cccs2)C1. The molecule has 0 spiro atoms. The number of carbonyl (C=O) groups excluding carboxylic acids is 2. The number of nitrogens with one attached hydrogen (secondary N) is 1. The van der Waals surface area contributed by atoms with E-state index in [1.165, 1.54) is 20.5 Å². The van der Waals surface area contributed by atoms with Crippen LogP contribution >= 0.6 is 11.3 Å². The summed E-state index contributed by atoms with van der Waals surface area (Å²) in [5, 5.41) is 4.31. The molecular weight excluding hydrogens is 338 g/mol. The standard InChI is InChI=1S/C14H21N3O4S2/c1-16(2)12(18)9-15-14(19)11-5-3-7-17(10-11)23(20,21)13-6-4-8-22-13/h4,6,8,11H,3,5,7,9-10H2,1-2H3,(H,15,19)/t11-/m0/s1. The van der Waals surface area contributed by atoms with Crippen LogP contribution in [-0.4, -0.2) is 63.2 Å². The molecule has 2 rings (SSSR count). The summed E-state index contributed by atoms with van der Waals surface area (Å²) in [5.74, 6) is -0.892. The first-order chi connectivity index (χ1) is 10.8. The Balaban J connectivity index is 1.98. The highest BCUT2D eigenvalue weighted by Crippen LogP contribution is 2.26. The van der Waals surface area contributed by atoms with Crippen molar-refractivity contribution < 1.29 is 18.0 Å². The van der Waals surface area contributed by atoms with Gasteiger partial charge in [-0.15, -0.1) is 11.3 Å². The molecule has 9 heteroatoms. The summed E-state index contributed by atoms with van der Waals surface area (Å²) >= 11 is 1.17. The zero-order valence-corrected chi connectivity index (χ0v) is 14.8. The Morgan fingerprint density at radius 2 is 2.17 bits per heavy atom. The van der Waals surface area contributed by atoms with E-state index in [1.54, 1.807) is 31.6 Å². The van der Waals surface area contributed by atoms with E-state index in [9.17, 15) is 18.0 Å². The largest absolute Gasteiger partial charge is 0.347 e. The summed E-state index contributed by atoms with van der Waals surface area (Å²) in [7, 11) is -0.302. The Morgan fingerprint density at radius 1 is 1.43 bits per heavy atom. The topological polar surface area (TPSA) is 86.8 Å². The average Bonchev–Trinajstić information content (AvgIpc) is 3.07. The predicted octanol–water partition coefficient (Wildman–Crippen LogP) is 0.353. The molecule has 23 heavy (non-hydrogen) atoms. The first kappa shape index (κ1) is 17.9. The van der Waals surface area contributed by atoms with Crippen molar-refractivity contribution >= 4 is 33.2 Å². The molecule has 0 aromatic carbocycles. The van der Waals surface area contributed by atoms with Crippen molar-refractivity contribution in [1.29, 1.82) is 0 Å². The third-order valence-electron chi connectivity index (χ3n) is 3.76. The molecule has 1 saturated heterocycles. The van der Waals surface area contributed by atoms with E-state index in [0.29, 0.717) is 23.6 Å². The maximum Gasteiger partial charge on any atom is 0.252 e. The molecule has 2 heterocycles. The summed E-state index contributed by atoms with van der Waals surface area (Å²) in [6.07, 6.45) is 1.25. The first-order valence-electron chi connectivity index (χ1n) is 7.34. The highest BCUT2D eigenvalue weighted by atomic mass is 32.2. The lowest BCUT2D eigenvalue weighted by molar-refractivity contribution is -0.132. The average molecular weight is 359 g/mol. The molecule has 0 saturated carbocycles. The highest BCUT2D eigenvalue weighted by Gasteiger charge is 2.33. The number of hydrogen-bond acceptors (Lipinski definition) is 5. The second kappa shape index (κ2) is 7.41. The Kier molecular flexibility index (Phi) is 5.77. The number of amides is 2. The van der Waals surface area contributed by atoms with Crippen LogP contribution in [0.5, 0.6) is 0 Å². The minimum absolute atomic E-state index is 0.0694. The van der Waals surface area contributed by atoms with Crippen LogP contribution in [0, 0.1) is 5.92 Å². The molecule has 1 N–H and O–H groups in total. The fraction of sp³-hybridized carbons (Fsp3) is 0.571. The number of sulfonamides is 1. The van der Waals surface area contributed by atoms with E-state index in [0.717, 1.165) is 0 Å². The number of thiophene rings is 1. The van der Waals surface area contributed by atoms with Crippen molar-refractivity contribution in [2.24, 2.45) is 5.92 Å². The summed E-state index contributed by atoms with van der Waals surface area (Å²) in [5.41, 5.74) is 0. The smallest absolute Gasteiger partial charge is 0.252 e. The molecule has 1 aromatic rings. The van der Waals surface area contributed by atoms with Crippen LogP contribution in [0.15, 0.2) is 21.7 Å². The zero-order valence-electron chi connectivity index (χ0n) is 13.2. The summed E-state index contributed by atoms with van der Waals surface area (Å²) < 4.78 is 26.7.